The first-order valence-electron chi connectivity index (χ1n) is 12.1. The average molecular weight is 471 g/mol. The summed E-state index contributed by atoms with van der Waals surface area (Å²) in [6.45, 7) is 5.38. The highest BCUT2D eigenvalue weighted by molar-refractivity contribution is 5.96. The number of aromatic nitrogens is 2. The number of urea groups is 1. The first-order valence-corrected chi connectivity index (χ1v) is 12.1. The van der Waals surface area contributed by atoms with E-state index in [1.54, 1.807) is 7.11 Å². The lowest BCUT2D eigenvalue weighted by molar-refractivity contribution is -0.125. The Morgan fingerprint density at radius 1 is 1.12 bits per heavy atom. The van der Waals surface area contributed by atoms with Gasteiger partial charge in [0.25, 0.3) is 0 Å². The summed E-state index contributed by atoms with van der Waals surface area (Å²) in [6, 6.07) is 6.94. The first-order chi connectivity index (χ1) is 16.5. The number of hydrogen-bond acceptors (Lipinski definition) is 8. The zero-order valence-electron chi connectivity index (χ0n) is 20.0. The Kier molecular flexibility index (Phi) is 8.12. The molecule has 2 N–H and O–H groups in total. The predicted molar refractivity (Wildman–Crippen MR) is 126 cm³/mol. The van der Waals surface area contributed by atoms with Gasteiger partial charge in [-0.2, -0.15) is 4.98 Å². The van der Waals surface area contributed by atoms with Crippen LogP contribution in [-0.4, -0.2) is 77.3 Å². The van der Waals surface area contributed by atoms with E-state index >= 15 is 0 Å². The van der Waals surface area contributed by atoms with Crippen LogP contribution in [0.2, 0.25) is 0 Å². The van der Waals surface area contributed by atoms with Crippen LogP contribution in [0.3, 0.4) is 0 Å². The number of nitrogens with zero attached hydrogens (tertiary/aromatic N) is 4. The molecule has 0 spiro atoms. The molecule has 3 amide bonds. The normalized spacial score (nSPS) is 18.9. The monoisotopic (exact) mass is 470 g/mol. The Bertz CT molecular complexity index is 949. The first kappa shape index (κ1) is 24.2. The summed E-state index contributed by atoms with van der Waals surface area (Å²) in [5.41, 5.74) is 0.869. The molecule has 1 atom stereocenters. The molecule has 184 valence electrons. The minimum absolute atomic E-state index is 0.176. The van der Waals surface area contributed by atoms with E-state index in [1.165, 1.54) is 6.42 Å². The number of hydrogen-bond donors (Lipinski definition) is 2. The van der Waals surface area contributed by atoms with Crippen molar-refractivity contribution in [1.82, 2.24) is 30.6 Å². The Morgan fingerprint density at radius 2 is 1.82 bits per heavy atom. The van der Waals surface area contributed by atoms with E-state index in [4.69, 9.17) is 9.26 Å². The van der Waals surface area contributed by atoms with Crippen molar-refractivity contribution in [3.05, 3.63) is 30.2 Å². The summed E-state index contributed by atoms with van der Waals surface area (Å²) in [7, 11) is 1.63. The zero-order chi connectivity index (χ0) is 23.9. The number of nitrogens with one attached hydrogen (secondary N) is 2. The number of piperazine rings is 1. The lowest BCUT2D eigenvalue weighted by atomic mass is 9.96. The number of ether oxygens (including phenoxy) is 1. The molecule has 1 aliphatic carbocycles. The largest absolute Gasteiger partial charge is 0.497 e. The molecule has 2 heterocycles. The number of carbonyl (C=O) groups is 2. The second-order valence-corrected chi connectivity index (χ2v) is 9.03. The van der Waals surface area contributed by atoms with Crippen molar-refractivity contribution in [2.75, 3.05) is 33.3 Å². The zero-order valence-corrected chi connectivity index (χ0v) is 20.0. The lowest BCUT2D eigenvalue weighted by Crippen LogP contribution is -2.55. The number of amides is 3. The standard InChI is InChI=1S/C24H34N6O4/c1-17(23(31)27-24(32)25-19-6-4-3-5-7-19)30-14-12-29(13-15-30)16-21-26-22(28-34-21)18-8-10-20(33-2)11-9-18/h8-11,17,19H,3-7,12-16H2,1-2H3,(H2,25,27,31,32)/t17-/m0/s1. The van der Waals surface area contributed by atoms with Gasteiger partial charge in [0.15, 0.2) is 0 Å². The number of methoxy groups -OCH3 is 1. The van der Waals surface area contributed by atoms with Gasteiger partial charge in [0.1, 0.15) is 5.75 Å². The van der Waals surface area contributed by atoms with Crippen molar-refractivity contribution < 1.29 is 18.8 Å². The average Bonchev–Trinajstić information content (AvgIpc) is 3.33. The number of imide groups is 1. The van der Waals surface area contributed by atoms with E-state index in [0.717, 1.165) is 63.2 Å². The molecule has 4 rings (SSSR count). The minimum Gasteiger partial charge on any atom is -0.497 e. The van der Waals surface area contributed by atoms with Gasteiger partial charge in [-0.1, -0.05) is 24.4 Å². The summed E-state index contributed by atoms with van der Waals surface area (Å²) in [5, 5.41) is 9.54. The van der Waals surface area contributed by atoms with Gasteiger partial charge in [-0.15, -0.1) is 0 Å². The fourth-order valence-corrected chi connectivity index (χ4v) is 4.53. The van der Waals surface area contributed by atoms with Crippen LogP contribution in [0.15, 0.2) is 28.8 Å². The molecule has 0 radical (unpaired) electrons. The smallest absolute Gasteiger partial charge is 0.321 e. The summed E-state index contributed by atoms with van der Waals surface area (Å²) in [6.07, 6.45) is 5.46. The van der Waals surface area contributed by atoms with Gasteiger partial charge in [0.2, 0.25) is 17.6 Å². The topological polar surface area (TPSA) is 113 Å². The maximum absolute atomic E-state index is 12.6. The number of benzene rings is 1. The molecular weight excluding hydrogens is 436 g/mol. The van der Waals surface area contributed by atoms with Gasteiger partial charge >= 0.3 is 6.03 Å². The molecule has 0 bridgehead atoms. The lowest BCUT2D eigenvalue weighted by Gasteiger charge is -2.36. The highest BCUT2D eigenvalue weighted by Crippen LogP contribution is 2.20. The molecule has 2 aromatic rings. The summed E-state index contributed by atoms with van der Waals surface area (Å²) in [5.74, 6) is 1.62. The van der Waals surface area contributed by atoms with Gasteiger partial charge < -0.3 is 14.6 Å². The maximum Gasteiger partial charge on any atom is 0.321 e. The number of rotatable bonds is 7. The quantitative estimate of drug-likeness (QED) is 0.634. The minimum atomic E-state index is -0.383. The van der Waals surface area contributed by atoms with E-state index in [0.29, 0.717) is 18.3 Å². The molecule has 10 nitrogen and oxygen atoms in total. The van der Waals surface area contributed by atoms with Crippen molar-refractivity contribution in [2.45, 2.75) is 57.7 Å². The van der Waals surface area contributed by atoms with Gasteiger partial charge in [-0.05, 0) is 44.0 Å². The van der Waals surface area contributed by atoms with Crippen LogP contribution in [0.4, 0.5) is 4.79 Å². The Hall–Kier alpha value is -2.98. The van der Waals surface area contributed by atoms with Gasteiger partial charge in [0, 0.05) is 37.8 Å². The van der Waals surface area contributed by atoms with Crippen molar-refractivity contribution in [1.29, 1.82) is 0 Å². The van der Waals surface area contributed by atoms with Crippen molar-refractivity contribution in [3.8, 4) is 17.1 Å². The molecule has 1 saturated carbocycles. The molecule has 0 unspecified atom stereocenters. The van der Waals surface area contributed by atoms with E-state index < -0.39 is 0 Å². The molecule has 10 heteroatoms. The SMILES string of the molecule is COc1ccc(-c2noc(CN3CCN([C@@H](C)C(=O)NC(=O)NC4CCCCC4)CC3)n2)cc1. The summed E-state index contributed by atoms with van der Waals surface area (Å²) in [4.78, 5) is 33.6. The second-order valence-electron chi connectivity index (χ2n) is 9.03. The molecule has 2 aliphatic rings. The third-order valence-corrected chi connectivity index (χ3v) is 6.69. The molecule has 1 saturated heterocycles. The van der Waals surface area contributed by atoms with Crippen LogP contribution in [0, 0.1) is 0 Å². The fraction of sp³-hybridized carbons (Fsp3) is 0.583. The molecule has 1 aromatic carbocycles. The molecule has 34 heavy (non-hydrogen) atoms. The van der Waals surface area contributed by atoms with Gasteiger partial charge in [0.05, 0.1) is 19.7 Å². The van der Waals surface area contributed by atoms with Crippen LogP contribution in [-0.2, 0) is 11.3 Å². The summed E-state index contributed by atoms with van der Waals surface area (Å²) < 4.78 is 10.6. The van der Waals surface area contributed by atoms with Crippen LogP contribution in [0.1, 0.15) is 44.9 Å². The Balaban J connectivity index is 1.21. The van der Waals surface area contributed by atoms with Crippen molar-refractivity contribution >= 4 is 11.9 Å². The Labute approximate surface area is 200 Å². The van der Waals surface area contributed by atoms with E-state index in [1.807, 2.05) is 31.2 Å². The maximum atomic E-state index is 12.6. The predicted octanol–water partition coefficient (Wildman–Crippen LogP) is 2.41. The molecule has 2 fully saturated rings. The number of carbonyl (C=O) groups excluding carboxylic acids is 2. The third kappa shape index (κ3) is 6.32. The third-order valence-electron chi connectivity index (χ3n) is 6.69. The van der Waals surface area contributed by atoms with Crippen molar-refractivity contribution in [2.24, 2.45) is 0 Å². The highest BCUT2D eigenvalue weighted by Gasteiger charge is 2.28. The Morgan fingerprint density at radius 3 is 2.50 bits per heavy atom. The van der Waals surface area contributed by atoms with Crippen LogP contribution in [0.5, 0.6) is 5.75 Å². The van der Waals surface area contributed by atoms with E-state index in [-0.39, 0.29) is 24.0 Å². The van der Waals surface area contributed by atoms with Crippen LogP contribution >= 0.6 is 0 Å². The fourth-order valence-electron chi connectivity index (χ4n) is 4.53. The highest BCUT2D eigenvalue weighted by atomic mass is 16.5. The van der Waals surface area contributed by atoms with Gasteiger partial charge in [-0.3, -0.25) is 19.9 Å². The molecule has 1 aliphatic heterocycles. The molecular formula is C24H34N6O4. The second kappa shape index (κ2) is 11.4. The van der Waals surface area contributed by atoms with Gasteiger partial charge in [-0.25, -0.2) is 4.79 Å². The van der Waals surface area contributed by atoms with Crippen molar-refractivity contribution in [3.63, 3.8) is 0 Å². The van der Waals surface area contributed by atoms with Crippen LogP contribution < -0.4 is 15.4 Å². The summed E-state index contributed by atoms with van der Waals surface area (Å²) >= 11 is 0. The van der Waals surface area contributed by atoms with E-state index in [2.05, 4.69) is 30.6 Å². The molecule has 1 aromatic heterocycles. The van der Waals surface area contributed by atoms with Crippen LogP contribution in [0.25, 0.3) is 11.4 Å². The van der Waals surface area contributed by atoms with E-state index in [9.17, 15) is 9.59 Å².